The van der Waals surface area contributed by atoms with Crippen LogP contribution in [0.15, 0.2) is 36.4 Å². The van der Waals surface area contributed by atoms with Crippen molar-refractivity contribution in [1.29, 1.82) is 0 Å². The first-order valence-corrected chi connectivity index (χ1v) is 9.15. The Kier molecular flexibility index (Phi) is 7.94. The van der Waals surface area contributed by atoms with Crippen molar-refractivity contribution in [3.05, 3.63) is 58.1 Å². The standard InChI is InChI=1S/C21H20ClNO7/c1-28-18-6-4-14(22)11-16(18)17(24)5-7-19(25)23-15-9-12(20(26)29-2)8-13(10-15)21(27)30-3/h4,6,8-11H,5,7H2,1-3H3,(H,23,25). The molecule has 0 aliphatic carbocycles. The first-order chi connectivity index (χ1) is 14.3. The number of carbonyl (C=O) groups is 4. The number of esters is 2. The Balaban J connectivity index is 2.12. The number of nitrogens with one attached hydrogen (secondary N) is 1. The molecule has 0 atom stereocenters. The van der Waals surface area contributed by atoms with E-state index in [1.165, 1.54) is 45.6 Å². The van der Waals surface area contributed by atoms with Crippen molar-refractivity contribution >= 4 is 40.9 Å². The van der Waals surface area contributed by atoms with Crippen molar-refractivity contribution in [3.8, 4) is 5.75 Å². The van der Waals surface area contributed by atoms with Gasteiger partial charge in [0.25, 0.3) is 0 Å². The second-order valence-electron chi connectivity index (χ2n) is 6.10. The van der Waals surface area contributed by atoms with Gasteiger partial charge in [-0.3, -0.25) is 9.59 Å². The molecule has 2 aromatic carbocycles. The molecule has 0 unspecified atom stereocenters. The maximum absolute atomic E-state index is 12.5. The quantitative estimate of drug-likeness (QED) is 0.501. The molecule has 0 saturated carbocycles. The van der Waals surface area contributed by atoms with Crippen LogP contribution in [0.25, 0.3) is 0 Å². The lowest BCUT2D eigenvalue weighted by atomic mass is 10.0. The molecule has 1 N–H and O–H groups in total. The number of carbonyl (C=O) groups excluding carboxylic acids is 4. The molecule has 0 fully saturated rings. The van der Waals surface area contributed by atoms with Gasteiger partial charge in [-0.1, -0.05) is 11.6 Å². The second-order valence-corrected chi connectivity index (χ2v) is 6.53. The second kappa shape index (κ2) is 10.4. The molecule has 158 valence electrons. The third kappa shape index (κ3) is 5.81. The minimum atomic E-state index is -0.681. The Hall–Kier alpha value is -3.39. The summed E-state index contributed by atoms with van der Waals surface area (Å²) in [5.41, 5.74) is 0.598. The fourth-order valence-corrected chi connectivity index (χ4v) is 2.83. The summed E-state index contributed by atoms with van der Waals surface area (Å²) in [6, 6.07) is 8.65. The van der Waals surface area contributed by atoms with Crippen molar-refractivity contribution in [2.75, 3.05) is 26.6 Å². The molecule has 0 bridgehead atoms. The molecule has 2 aromatic rings. The van der Waals surface area contributed by atoms with Gasteiger partial charge in [-0.05, 0) is 36.4 Å². The van der Waals surface area contributed by atoms with E-state index in [0.29, 0.717) is 10.8 Å². The van der Waals surface area contributed by atoms with E-state index in [4.69, 9.17) is 16.3 Å². The van der Waals surface area contributed by atoms with Crippen LogP contribution >= 0.6 is 11.6 Å². The first kappa shape index (κ1) is 22.9. The van der Waals surface area contributed by atoms with E-state index in [2.05, 4.69) is 14.8 Å². The highest BCUT2D eigenvalue weighted by Crippen LogP contribution is 2.24. The number of hydrogen-bond acceptors (Lipinski definition) is 7. The minimum absolute atomic E-state index is 0.0652. The summed E-state index contributed by atoms with van der Waals surface area (Å²) in [5.74, 6) is -1.80. The number of benzene rings is 2. The summed E-state index contributed by atoms with van der Waals surface area (Å²) in [6.07, 6.45) is -0.229. The van der Waals surface area contributed by atoms with Crippen molar-refractivity contribution < 1.29 is 33.4 Å². The van der Waals surface area contributed by atoms with E-state index in [9.17, 15) is 19.2 Å². The van der Waals surface area contributed by atoms with Gasteiger partial charge in [-0.15, -0.1) is 0 Å². The van der Waals surface area contributed by atoms with Crippen LogP contribution in [0, 0.1) is 0 Å². The Bertz CT molecular complexity index is 953. The van der Waals surface area contributed by atoms with E-state index < -0.39 is 17.8 Å². The van der Waals surface area contributed by atoms with Crippen LogP contribution < -0.4 is 10.1 Å². The molecular weight excluding hydrogens is 414 g/mol. The molecule has 0 radical (unpaired) electrons. The fourth-order valence-electron chi connectivity index (χ4n) is 2.65. The minimum Gasteiger partial charge on any atom is -0.496 e. The SMILES string of the molecule is COC(=O)c1cc(NC(=O)CCC(=O)c2cc(Cl)ccc2OC)cc(C(=O)OC)c1. The highest BCUT2D eigenvalue weighted by atomic mass is 35.5. The zero-order valence-corrected chi connectivity index (χ0v) is 17.4. The average molecular weight is 434 g/mol. The van der Waals surface area contributed by atoms with Crippen LogP contribution in [0.5, 0.6) is 5.75 Å². The summed E-state index contributed by atoms with van der Waals surface area (Å²) < 4.78 is 14.5. The number of hydrogen-bond donors (Lipinski definition) is 1. The van der Waals surface area contributed by atoms with Crippen LogP contribution in [0.1, 0.15) is 43.9 Å². The number of anilines is 1. The van der Waals surface area contributed by atoms with Crippen LogP contribution in [-0.2, 0) is 14.3 Å². The molecule has 0 saturated heterocycles. The molecule has 2 rings (SSSR count). The largest absolute Gasteiger partial charge is 0.496 e. The van der Waals surface area contributed by atoms with Crippen LogP contribution in [-0.4, -0.2) is 45.0 Å². The maximum Gasteiger partial charge on any atom is 0.337 e. The summed E-state index contributed by atoms with van der Waals surface area (Å²) >= 11 is 5.93. The van der Waals surface area contributed by atoms with Gasteiger partial charge in [-0.25, -0.2) is 9.59 Å². The molecule has 1 amide bonds. The lowest BCUT2D eigenvalue weighted by molar-refractivity contribution is -0.116. The zero-order valence-electron chi connectivity index (χ0n) is 16.6. The average Bonchev–Trinajstić information content (AvgIpc) is 2.75. The highest BCUT2D eigenvalue weighted by Gasteiger charge is 2.17. The molecule has 9 heteroatoms. The van der Waals surface area contributed by atoms with E-state index in [-0.39, 0.29) is 41.0 Å². The number of amides is 1. The van der Waals surface area contributed by atoms with Gasteiger partial charge in [0, 0.05) is 23.6 Å². The predicted octanol–water partition coefficient (Wildman–Crippen LogP) is 3.52. The Morgan fingerprint density at radius 3 is 2.00 bits per heavy atom. The molecule has 0 aliphatic rings. The van der Waals surface area contributed by atoms with E-state index in [0.717, 1.165) is 0 Å². The molecule has 0 aromatic heterocycles. The topological polar surface area (TPSA) is 108 Å². The number of ether oxygens (including phenoxy) is 3. The maximum atomic E-state index is 12.5. The van der Waals surface area contributed by atoms with Gasteiger partial charge in [0.05, 0.1) is 38.0 Å². The summed E-state index contributed by atoms with van der Waals surface area (Å²) in [4.78, 5) is 48.4. The molecule has 0 spiro atoms. The van der Waals surface area contributed by atoms with Gasteiger partial charge in [0.1, 0.15) is 5.75 Å². The third-order valence-corrected chi connectivity index (χ3v) is 4.34. The van der Waals surface area contributed by atoms with Crippen molar-refractivity contribution in [2.24, 2.45) is 0 Å². The summed E-state index contributed by atoms with van der Waals surface area (Å²) in [7, 11) is 3.82. The molecular formula is C21H20ClNO7. The van der Waals surface area contributed by atoms with Crippen LogP contribution in [0.2, 0.25) is 5.02 Å². The van der Waals surface area contributed by atoms with Gasteiger partial charge < -0.3 is 19.5 Å². The zero-order chi connectivity index (χ0) is 22.3. The van der Waals surface area contributed by atoms with Crippen molar-refractivity contribution in [1.82, 2.24) is 0 Å². The Labute approximate surface area is 178 Å². The number of rotatable bonds is 8. The number of Topliss-reactive ketones (excluding diaryl/α,β-unsaturated/α-hetero) is 1. The van der Waals surface area contributed by atoms with E-state index >= 15 is 0 Å². The fraction of sp³-hybridized carbons (Fsp3) is 0.238. The normalized spacial score (nSPS) is 10.1. The van der Waals surface area contributed by atoms with Gasteiger partial charge in [0.2, 0.25) is 5.91 Å². The monoisotopic (exact) mass is 433 g/mol. The lowest BCUT2D eigenvalue weighted by Crippen LogP contribution is -2.15. The number of halogens is 1. The van der Waals surface area contributed by atoms with Crippen LogP contribution in [0.4, 0.5) is 5.69 Å². The molecule has 0 heterocycles. The smallest absolute Gasteiger partial charge is 0.337 e. The summed E-state index contributed by atoms with van der Waals surface area (Å²) in [6.45, 7) is 0. The Morgan fingerprint density at radius 1 is 0.867 bits per heavy atom. The van der Waals surface area contributed by atoms with Crippen molar-refractivity contribution in [3.63, 3.8) is 0 Å². The van der Waals surface area contributed by atoms with Gasteiger partial charge in [0.15, 0.2) is 5.78 Å². The molecule has 30 heavy (non-hydrogen) atoms. The lowest BCUT2D eigenvalue weighted by Gasteiger charge is -2.10. The Morgan fingerprint density at radius 2 is 1.47 bits per heavy atom. The number of methoxy groups -OCH3 is 3. The highest BCUT2D eigenvalue weighted by molar-refractivity contribution is 6.31. The van der Waals surface area contributed by atoms with Crippen LogP contribution in [0.3, 0.4) is 0 Å². The van der Waals surface area contributed by atoms with Crippen molar-refractivity contribution in [2.45, 2.75) is 12.8 Å². The molecule has 0 aliphatic heterocycles. The molecule has 8 nitrogen and oxygen atoms in total. The van der Waals surface area contributed by atoms with E-state index in [1.54, 1.807) is 12.1 Å². The summed E-state index contributed by atoms with van der Waals surface area (Å²) in [5, 5.41) is 2.94. The number of ketones is 1. The first-order valence-electron chi connectivity index (χ1n) is 8.77. The third-order valence-electron chi connectivity index (χ3n) is 4.10. The predicted molar refractivity (Wildman–Crippen MR) is 109 cm³/mol. The van der Waals surface area contributed by atoms with E-state index in [1.807, 2.05) is 0 Å². The van der Waals surface area contributed by atoms with Gasteiger partial charge >= 0.3 is 11.9 Å². The van der Waals surface area contributed by atoms with Gasteiger partial charge in [-0.2, -0.15) is 0 Å².